The second-order valence-corrected chi connectivity index (χ2v) is 5.01. The van der Waals surface area contributed by atoms with Gasteiger partial charge in [-0.25, -0.2) is 0 Å². The third kappa shape index (κ3) is 4.46. The van der Waals surface area contributed by atoms with Crippen LogP contribution in [-0.2, 0) is 6.42 Å². The maximum Gasteiger partial charge on any atom is 0.163 e. The zero-order chi connectivity index (χ0) is 15.1. The minimum Gasteiger partial charge on any atom is -0.378 e. The minimum atomic E-state index is 0.335. The number of aryl methyl sites for hydroxylation is 1. The quantitative estimate of drug-likeness (QED) is 0.824. The average molecular weight is 281 g/mol. The molecule has 5 heteroatoms. The highest BCUT2D eigenvalue weighted by Crippen LogP contribution is 2.13. The van der Waals surface area contributed by atoms with Crippen molar-refractivity contribution in [3.63, 3.8) is 0 Å². The van der Waals surface area contributed by atoms with E-state index in [1.807, 2.05) is 20.2 Å². The second-order valence-electron chi connectivity index (χ2n) is 5.01. The van der Waals surface area contributed by atoms with Crippen LogP contribution in [0.3, 0.4) is 0 Å². The van der Waals surface area contributed by atoms with Gasteiger partial charge < -0.3 is 10.2 Å². The third-order valence-corrected chi connectivity index (χ3v) is 3.18. The lowest BCUT2D eigenvalue weighted by atomic mass is 10.1. The van der Waals surface area contributed by atoms with Crippen LogP contribution in [0.4, 0.5) is 11.5 Å². The number of aromatic nitrogens is 2. The Hall–Kier alpha value is -2.61. The summed E-state index contributed by atoms with van der Waals surface area (Å²) >= 11 is 0. The first kappa shape index (κ1) is 14.8. The third-order valence-electron chi connectivity index (χ3n) is 3.18. The smallest absolute Gasteiger partial charge is 0.163 e. The Morgan fingerprint density at radius 1 is 1.10 bits per heavy atom. The molecule has 2 rings (SSSR count). The minimum absolute atomic E-state index is 0.335. The lowest BCUT2D eigenvalue weighted by Gasteiger charge is -2.12. The summed E-state index contributed by atoms with van der Waals surface area (Å²) in [5.74, 6) is 0.706. The van der Waals surface area contributed by atoms with Gasteiger partial charge in [0.25, 0.3) is 0 Å². The van der Waals surface area contributed by atoms with Crippen LogP contribution in [-0.4, -0.2) is 30.8 Å². The fourth-order valence-electron chi connectivity index (χ4n) is 1.96. The summed E-state index contributed by atoms with van der Waals surface area (Å²) in [6.45, 7) is 0.829. The summed E-state index contributed by atoms with van der Waals surface area (Å²) in [4.78, 5) is 2.09. The van der Waals surface area contributed by atoms with E-state index in [4.69, 9.17) is 5.26 Å². The average Bonchev–Trinajstić information content (AvgIpc) is 2.52. The molecular formula is C16H19N5. The molecule has 0 saturated heterocycles. The molecule has 21 heavy (non-hydrogen) atoms. The predicted octanol–water partition coefficient (Wildman–Crippen LogP) is 2.46. The van der Waals surface area contributed by atoms with Crippen molar-refractivity contribution in [1.29, 1.82) is 5.26 Å². The number of nitriles is 1. The molecule has 1 N–H and O–H groups in total. The van der Waals surface area contributed by atoms with Gasteiger partial charge in [0.15, 0.2) is 5.69 Å². The Labute approximate surface area is 125 Å². The van der Waals surface area contributed by atoms with Crippen LogP contribution in [0.15, 0.2) is 36.4 Å². The molecule has 0 amide bonds. The Morgan fingerprint density at radius 3 is 2.43 bits per heavy atom. The summed E-state index contributed by atoms with van der Waals surface area (Å²) < 4.78 is 0. The van der Waals surface area contributed by atoms with Crippen LogP contribution in [0.1, 0.15) is 17.7 Å². The first-order valence-electron chi connectivity index (χ1n) is 6.93. The summed E-state index contributed by atoms with van der Waals surface area (Å²) in [6, 6.07) is 14.0. The Morgan fingerprint density at radius 2 is 1.86 bits per heavy atom. The molecule has 0 aliphatic rings. The number of anilines is 2. The fourth-order valence-corrected chi connectivity index (χ4v) is 1.96. The zero-order valence-electron chi connectivity index (χ0n) is 12.4. The Kier molecular flexibility index (Phi) is 5.10. The molecule has 1 heterocycles. The standard InChI is InChI=1S/C16H19N5/c1-21(2)15-8-5-13(6-9-15)4-3-11-18-16-10-7-14(12-17)19-20-16/h5-10H,3-4,11H2,1-2H3,(H,18,20). The number of rotatable bonds is 6. The maximum absolute atomic E-state index is 8.65. The molecular weight excluding hydrogens is 262 g/mol. The van der Waals surface area contributed by atoms with Gasteiger partial charge in [0, 0.05) is 26.3 Å². The molecule has 0 radical (unpaired) electrons. The van der Waals surface area contributed by atoms with E-state index in [2.05, 4.69) is 44.7 Å². The molecule has 5 nitrogen and oxygen atoms in total. The summed E-state index contributed by atoms with van der Waals surface area (Å²) in [5.41, 5.74) is 2.87. The number of benzene rings is 1. The number of hydrogen-bond acceptors (Lipinski definition) is 5. The van der Waals surface area contributed by atoms with Gasteiger partial charge in [-0.15, -0.1) is 10.2 Å². The molecule has 0 fully saturated rings. The van der Waals surface area contributed by atoms with E-state index >= 15 is 0 Å². The molecule has 1 aromatic heterocycles. The highest BCUT2D eigenvalue weighted by atomic mass is 15.2. The zero-order valence-corrected chi connectivity index (χ0v) is 12.4. The number of nitrogens with one attached hydrogen (secondary N) is 1. The predicted molar refractivity (Wildman–Crippen MR) is 84.3 cm³/mol. The number of hydrogen-bond donors (Lipinski definition) is 1. The summed E-state index contributed by atoms with van der Waals surface area (Å²) in [6.07, 6.45) is 2.04. The molecule has 0 atom stereocenters. The van der Waals surface area contributed by atoms with Gasteiger partial charge in [-0.3, -0.25) is 0 Å². The lowest BCUT2D eigenvalue weighted by molar-refractivity contribution is 0.852. The molecule has 1 aromatic carbocycles. The first-order valence-corrected chi connectivity index (χ1v) is 6.93. The van der Waals surface area contributed by atoms with Gasteiger partial charge in [0.05, 0.1) is 0 Å². The molecule has 0 aliphatic heterocycles. The van der Waals surface area contributed by atoms with Crippen molar-refractivity contribution >= 4 is 11.5 Å². The van der Waals surface area contributed by atoms with E-state index in [9.17, 15) is 0 Å². The van der Waals surface area contributed by atoms with Crippen LogP contribution in [0.2, 0.25) is 0 Å². The van der Waals surface area contributed by atoms with E-state index in [-0.39, 0.29) is 0 Å². The van der Waals surface area contributed by atoms with E-state index in [0.717, 1.165) is 19.4 Å². The molecule has 0 saturated carbocycles. The van der Waals surface area contributed by atoms with Crippen LogP contribution >= 0.6 is 0 Å². The van der Waals surface area contributed by atoms with Gasteiger partial charge in [-0.1, -0.05) is 12.1 Å². The highest BCUT2D eigenvalue weighted by Gasteiger charge is 1.98. The molecule has 0 spiro atoms. The lowest BCUT2D eigenvalue weighted by Crippen LogP contribution is -2.08. The van der Waals surface area contributed by atoms with Crippen molar-refractivity contribution in [2.45, 2.75) is 12.8 Å². The molecule has 108 valence electrons. The monoisotopic (exact) mass is 281 g/mol. The topological polar surface area (TPSA) is 64.8 Å². The normalized spacial score (nSPS) is 9.95. The van der Waals surface area contributed by atoms with E-state index in [1.54, 1.807) is 12.1 Å². The Balaban J connectivity index is 1.75. The molecule has 0 bridgehead atoms. The second kappa shape index (κ2) is 7.25. The van der Waals surface area contributed by atoms with Gasteiger partial charge in [0.2, 0.25) is 0 Å². The fraction of sp³-hybridized carbons (Fsp3) is 0.312. The van der Waals surface area contributed by atoms with Crippen molar-refractivity contribution in [2.24, 2.45) is 0 Å². The van der Waals surface area contributed by atoms with E-state index in [0.29, 0.717) is 11.5 Å². The SMILES string of the molecule is CN(C)c1ccc(CCCNc2ccc(C#N)nn2)cc1. The van der Waals surface area contributed by atoms with Crippen molar-refractivity contribution < 1.29 is 0 Å². The van der Waals surface area contributed by atoms with Gasteiger partial charge in [-0.05, 0) is 42.7 Å². The van der Waals surface area contributed by atoms with Crippen LogP contribution in [0.25, 0.3) is 0 Å². The van der Waals surface area contributed by atoms with Crippen molar-refractivity contribution in [3.05, 3.63) is 47.7 Å². The molecule has 0 unspecified atom stereocenters. The highest BCUT2D eigenvalue weighted by molar-refractivity contribution is 5.46. The van der Waals surface area contributed by atoms with E-state index in [1.165, 1.54) is 11.3 Å². The van der Waals surface area contributed by atoms with E-state index < -0.39 is 0 Å². The Bertz CT molecular complexity index is 596. The largest absolute Gasteiger partial charge is 0.378 e. The van der Waals surface area contributed by atoms with Crippen LogP contribution < -0.4 is 10.2 Å². The van der Waals surface area contributed by atoms with Crippen LogP contribution in [0, 0.1) is 11.3 Å². The van der Waals surface area contributed by atoms with Gasteiger partial charge >= 0.3 is 0 Å². The first-order chi connectivity index (χ1) is 10.2. The van der Waals surface area contributed by atoms with Crippen molar-refractivity contribution in [1.82, 2.24) is 10.2 Å². The summed E-state index contributed by atoms with van der Waals surface area (Å²) in [5, 5.41) is 19.6. The molecule has 0 aliphatic carbocycles. The van der Waals surface area contributed by atoms with Crippen LogP contribution in [0.5, 0.6) is 0 Å². The maximum atomic E-state index is 8.65. The molecule has 2 aromatic rings. The van der Waals surface area contributed by atoms with Crippen molar-refractivity contribution in [2.75, 3.05) is 30.9 Å². The van der Waals surface area contributed by atoms with Crippen molar-refractivity contribution in [3.8, 4) is 6.07 Å². The summed E-state index contributed by atoms with van der Waals surface area (Å²) in [7, 11) is 4.08. The van der Waals surface area contributed by atoms with Gasteiger partial charge in [0.1, 0.15) is 11.9 Å². The van der Waals surface area contributed by atoms with Gasteiger partial charge in [-0.2, -0.15) is 5.26 Å². The number of nitrogens with zero attached hydrogens (tertiary/aromatic N) is 4.